The van der Waals surface area contributed by atoms with Crippen molar-refractivity contribution < 1.29 is 14.0 Å². The van der Waals surface area contributed by atoms with Gasteiger partial charge in [-0.25, -0.2) is 9.37 Å². The van der Waals surface area contributed by atoms with Gasteiger partial charge in [0.2, 0.25) is 5.91 Å². The predicted molar refractivity (Wildman–Crippen MR) is 101 cm³/mol. The number of benzene rings is 2. The van der Waals surface area contributed by atoms with Gasteiger partial charge in [-0.1, -0.05) is 12.1 Å². The van der Waals surface area contributed by atoms with E-state index in [0.717, 1.165) is 16.9 Å². The lowest BCUT2D eigenvalue weighted by molar-refractivity contribution is -0.119. The zero-order valence-electron chi connectivity index (χ0n) is 15.2. The summed E-state index contributed by atoms with van der Waals surface area (Å²) in [6.07, 6.45) is 0.311. The highest BCUT2D eigenvalue weighted by atomic mass is 19.1. The Balaban J connectivity index is 1.74. The smallest absolute Gasteiger partial charge is 0.227 e. The van der Waals surface area contributed by atoms with Gasteiger partial charge in [0.05, 0.1) is 17.1 Å². The number of rotatable bonds is 4. The minimum absolute atomic E-state index is 0.0271. The molecule has 0 saturated carbocycles. The zero-order chi connectivity index (χ0) is 19.1. The van der Waals surface area contributed by atoms with Crippen molar-refractivity contribution in [2.24, 2.45) is 0 Å². The van der Waals surface area contributed by atoms with Crippen LogP contribution >= 0.6 is 0 Å². The number of fused-ring (bicyclic) bond motifs is 1. The molecule has 1 aromatic heterocycles. The summed E-state index contributed by atoms with van der Waals surface area (Å²) >= 11 is 0. The van der Waals surface area contributed by atoms with Crippen molar-refractivity contribution in [2.45, 2.75) is 32.2 Å². The van der Waals surface area contributed by atoms with Crippen molar-refractivity contribution in [2.75, 3.05) is 11.4 Å². The Hall–Kier alpha value is -3.02. The molecular weight excluding hydrogens is 345 g/mol. The summed E-state index contributed by atoms with van der Waals surface area (Å²) in [4.78, 5) is 31.1. The first kappa shape index (κ1) is 17.4. The largest absolute Gasteiger partial charge is 0.317 e. The molecule has 0 spiro atoms. The quantitative estimate of drug-likeness (QED) is 0.706. The summed E-state index contributed by atoms with van der Waals surface area (Å²) < 4.78 is 15.1. The van der Waals surface area contributed by atoms with E-state index in [-0.39, 0.29) is 29.5 Å². The van der Waals surface area contributed by atoms with E-state index in [9.17, 15) is 14.0 Å². The fourth-order valence-electron chi connectivity index (χ4n) is 3.69. The van der Waals surface area contributed by atoms with Gasteiger partial charge in [0.1, 0.15) is 11.6 Å². The second kappa shape index (κ2) is 6.61. The van der Waals surface area contributed by atoms with Crippen molar-refractivity contribution in [3.63, 3.8) is 0 Å². The summed E-state index contributed by atoms with van der Waals surface area (Å²) in [6.45, 7) is 3.88. The number of imidazole rings is 1. The number of para-hydroxylation sites is 2. The summed E-state index contributed by atoms with van der Waals surface area (Å²) in [7, 11) is 0. The zero-order valence-corrected chi connectivity index (χ0v) is 15.2. The van der Waals surface area contributed by atoms with E-state index in [1.165, 1.54) is 12.1 Å². The molecule has 1 amide bonds. The van der Waals surface area contributed by atoms with Crippen LogP contribution in [0.1, 0.15) is 38.1 Å². The monoisotopic (exact) mass is 365 g/mol. The molecule has 138 valence electrons. The van der Waals surface area contributed by atoms with Gasteiger partial charge in [0.15, 0.2) is 5.78 Å². The molecule has 0 bridgehead atoms. The number of ketones is 1. The van der Waals surface area contributed by atoms with Gasteiger partial charge in [-0.05, 0) is 50.2 Å². The third-order valence-corrected chi connectivity index (χ3v) is 5.23. The van der Waals surface area contributed by atoms with Crippen molar-refractivity contribution in [1.82, 2.24) is 9.55 Å². The maximum atomic E-state index is 13.2. The third-order valence-electron chi connectivity index (χ3n) is 5.23. The fourth-order valence-corrected chi connectivity index (χ4v) is 3.69. The number of amides is 1. The molecule has 6 heteroatoms. The molecule has 2 heterocycles. The topological polar surface area (TPSA) is 55.2 Å². The molecule has 2 atom stereocenters. The van der Waals surface area contributed by atoms with Gasteiger partial charge in [-0.2, -0.15) is 0 Å². The van der Waals surface area contributed by atoms with E-state index in [4.69, 9.17) is 4.98 Å². The minimum Gasteiger partial charge on any atom is -0.317 e. The Morgan fingerprint density at radius 2 is 1.89 bits per heavy atom. The predicted octanol–water partition coefficient (Wildman–Crippen LogP) is 3.85. The summed E-state index contributed by atoms with van der Waals surface area (Å²) in [5.74, 6) is 0.299. The lowest BCUT2D eigenvalue weighted by Gasteiger charge is -2.19. The first-order valence-electron chi connectivity index (χ1n) is 8.99. The van der Waals surface area contributed by atoms with Crippen LogP contribution < -0.4 is 4.90 Å². The Bertz CT molecular complexity index is 1030. The highest BCUT2D eigenvalue weighted by Crippen LogP contribution is 2.34. The van der Waals surface area contributed by atoms with Gasteiger partial charge in [0.25, 0.3) is 0 Å². The lowest BCUT2D eigenvalue weighted by atomic mass is 10.1. The average molecular weight is 365 g/mol. The molecule has 1 saturated heterocycles. The number of aromatic nitrogens is 2. The molecule has 2 unspecified atom stereocenters. The van der Waals surface area contributed by atoms with Gasteiger partial charge in [-0.3, -0.25) is 9.59 Å². The van der Waals surface area contributed by atoms with Crippen LogP contribution in [-0.4, -0.2) is 27.8 Å². The molecule has 0 aliphatic carbocycles. The molecule has 5 nitrogen and oxygen atoms in total. The van der Waals surface area contributed by atoms with Crippen LogP contribution in [0.2, 0.25) is 0 Å². The number of halogens is 1. The number of anilines is 1. The highest BCUT2D eigenvalue weighted by Gasteiger charge is 2.35. The van der Waals surface area contributed by atoms with Crippen LogP contribution in [0.15, 0.2) is 48.5 Å². The molecule has 3 aromatic rings. The molecule has 1 aliphatic heterocycles. The molecule has 27 heavy (non-hydrogen) atoms. The maximum Gasteiger partial charge on any atom is 0.227 e. The number of hydrogen-bond donors (Lipinski definition) is 0. The first-order valence-corrected chi connectivity index (χ1v) is 8.99. The number of nitrogens with zero attached hydrogens (tertiary/aromatic N) is 3. The lowest BCUT2D eigenvalue weighted by Crippen LogP contribution is -2.25. The SMILES string of the molecule is CC(=O)C(C)n1c(C2CC(=O)N(c3ccc(F)cc3)C2)nc2ccccc21. The molecule has 2 aromatic carbocycles. The Morgan fingerprint density at radius 1 is 1.19 bits per heavy atom. The van der Waals surface area contributed by atoms with Crippen LogP contribution in [0, 0.1) is 5.82 Å². The van der Waals surface area contributed by atoms with Gasteiger partial charge in [-0.15, -0.1) is 0 Å². The van der Waals surface area contributed by atoms with Crippen molar-refractivity contribution in [3.8, 4) is 0 Å². The number of Topliss-reactive ketones (excluding diaryl/α,β-unsaturated/α-hetero) is 1. The van der Waals surface area contributed by atoms with Crippen LogP contribution in [0.5, 0.6) is 0 Å². The third kappa shape index (κ3) is 3.01. The molecule has 0 radical (unpaired) electrons. The molecule has 0 N–H and O–H groups in total. The van der Waals surface area contributed by atoms with Gasteiger partial charge < -0.3 is 9.47 Å². The fraction of sp³-hybridized carbons (Fsp3) is 0.286. The Morgan fingerprint density at radius 3 is 2.59 bits per heavy atom. The first-order chi connectivity index (χ1) is 13.0. The molecule has 1 fully saturated rings. The van der Waals surface area contributed by atoms with Crippen LogP contribution in [-0.2, 0) is 9.59 Å². The van der Waals surface area contributed by atoms with E-state index in [1.807, 2.05) is 35.8 Å². The second-order valence-corrected chi connectivity index (χ2v) is 7.00. The Labute approximate surface area is 156 Å². The summed E-state index contributed by atoms with van der Waals surface area (Å²) in [5, 5.41) is 0. The molecular formula is C21H20FN3O2. The standard InChI is InChI=1S/C21H20FN3O2/c1-13(14(2)26)25-19-6-4-3-5-18(19)23-21(25)15-11-20(27)24(12-15)17-9-7-16(22)8-10-17/h3-10,13,15H,11-12H2,1-2H3. The van der Waals surface area contributed by atoms with Crippen molar-refractivity contribution in [3.05, 3.63) is 60.2 Å². The van der Waals surface area contributed by atoms with E-state index in [1.54, 1.807) is 24.0 Å². The highest BCUT2D eigenvalue weighted by molar-refractivity contribution is 5.96. The average Bonchev–Trinajstić information content (AvgIpc) is 3.22. The minimum atomic E-state index is -0.359. The molecule has 1 aliphatic rings. The Kier molecular flexibility index (Phi) is 4.26. The number of carbonyl (C=O) groups excluding carboxylic acids is 2. The van der Waals surface area contributed by atoms with E-state index in [0.29, 0.717) is 18.7 Å². The van der Waals surface area contributed by atoms with Crippen LogP contribution in [0.3, 0.4) is 0 Å². The van der Waals surface area contributed by atoms with Crippen LogP contribution in [0.25, 0.3) is 11.0 Å². The second-order valence-electron chi connectivity index (χ2n) is 7.00. The van der Waals surface area contributed by atoms with Crippen molar-refractivity contribution >= 4 is 28.4 Å². The number of carbonyl (C=O) groups is 2. The number of hydrogen-bond acceptors (Lipinski definition) is 3. The van der Waals surface area contributed by atoms with Gasteiger partial charge >= 0.3 is 0 Å². The molecule has 4 rings (SSSR count). The van der Waals surface area contributed by atoms with E-state index in [2.05, 4.69) is 0 Å². The van der Waals surface area contributed by atoms with Crippen molar-refractivity contribution in [1.29, 1.82) is 0 Å². The summed E-state index contributed by atoms with van der Waals surface area (Å²) in [6, 6.07) is 13.2. The van der Waals surface area contributed by atoms with Gasteiger partial charge in [0, 0.05) is 24.6 Å². The normalized spacial score (nSPS) is 18.3. The van der Waals surface area contributed by atoms with E-state index < -0.39 is 0 Å². The van der Waals surface area contributed by atoms with E-state index >= 15 is 0 Å². The van der Waals surface area contributed by atoms with Crippen LogP contribution in [0.4, 0.5) is 10.1 Å². The maximum absolute atomic E-state index is 13.2. The summed E-state index contributed by atoms with van der Waals surface area (Å²) in [5.41, 5.74) is 2.38.